The van der Waals surface area contributed by atoms with Gasteiger partial charge in [-0.25, -0.2) is 0 Å². The second kappa shape index (κ2) is 3.33. The molecule has 1 unspecified atom stereocenters. The predicted molar refractivity (Wildman–Crippen MR) is 59.7 cm³/mol. The molecule has 1 aromatic heterocycles. The Balaban J connectivity index is 2.13. The summed E-state index contributed by atoms with van der Waals surface area (Å²) in [7, 11) is 0. The zero-order valence-electron chi connectivity index (χ0n) is 8.96. The summed E-state index contributed by atoms with van der Waals surface area (Å²) in [5.74, 6) is 0. The molecule has 1 N–H and O–H groups in total. The molecule has 0 radical (unpaired) electrons. The highest BCUT2D eigenvalue weighted by Crippen LogP contribution is 2.32. The van der Waals surface area contributed by atoms with E-state index < -0.39 is 0 Å². The average molecular weight is 211 g/mol. The van der Waals surface area contributed by atoms with Crippen molar-refractivity contribution < 1.29 is 4.74 Å². The first-order valence-corrected chi connectivity index (χ1v) is 5.83. The van der Waals surface area contributed by atoms with Crippen LogP contribution >= 0.6 is 11.3 Å². The minimum atomic E-state index is -0.135. The molecule has 0 bridgehead atoms. The number of ether oxygens (including phenoxy) is 1. The minimum Gasteiger partial charge on any atom is -0.367 e. The molecule has 1 aliphatic heterocycles. The highest BCUT2D eigenvalue weighted by molar-refractivity contribution is 7.10. The van der Waals surface area contributed by atoms with Crippen LogP contribution in [0.3, 0.4) is 0 Å². The van der Waals surface area contributed by atoms with Gasteiger partial charge in [0.1, 0.15) is 5.60 Å². The fourth-order valence-electron chi connectivity index (χ4n) is 1.59. The zero-order chi connectivity index (χ0) is 10.2. The van der Waals surface area contributed by atoms with E-state index in [4.69, 9.17) is 4.74 Å². The van der Waals surface area contributed by atoms with Crippen molar-refractivity contribution in [3.05, 3.63) is 22.4 Å². The Hall–Kier alpha value is -0.380. The van der Waals surface area contributed by atoms with Crippen molar-refractivity contribution in [1.29, 1.82) is 0 Å². The van der Waals surface area contributed by atoms with E-state index in [0.29, 0.717) is 0 Å². The molecule has 0 aromatic carbocycles. The third-order valence-corrected chi connectivity index (χ3v) is 3.81. The maximum atomic E-state index is 5.97. The van der Waals surface area contributed by atoms with Gasteiger partial charge in [0.2, 0.25) is 0 Å². The fourth-order valence-corrected chi connectivity index (χ4v) is 2.43. The van der Waals surface area contributed by atoms with Crippen molar-refractivity contribution in [2.24, 2.45) is 0 Å². The Morgan fingerprint density at radius 2 is 2.21 bits per heavy atom. The zero-order valence-corrected chi connectivity index (χ0v) is 9.78. The maximum absolute atomic E-state index is 5.97. The van der Waals surface area contributed by atoms with Gasteiger partial charge in [-0.15, -0.1) is 11.3 Å². The summed E-state index contributed by atoms with van der Waals surface area (Å²) in [6.07, 6.45) is 0. The van der Waals surface area contributed by atoms with Gasteiger partial charge in [0, 0.05) is 17.0 Å². The molecule has 78 valence electrons. The first-order chi connectivity index (χ1) is 6.52. The Labute approximate surface area is 89.3 Å². The topological polar surface area (TPSA) is 21.3 Å². The lowest BCUT2D eigenvalue weighted by Crippen LogP contribution is -2.56. The van der Waals surface area contributed by atoms with Gasteiger partial charge in [-0.2, -0.15) is 0 Å². The summed E-state index contributed by atoms with van der Waals surface area (Å²) >= 11 is 1.76. The molecule has 1 atom stereocenters. The van der Waals surface area contributed by atoms with Gasteiger partial charge in [-0.3, -0.25) is 0 Å². The van der Waals surface area contributed by atoms with Gasteiger partial charge in [-0.1, -0.05) is 6.07 Å². The summed E-state index contributed by atoms with van der Waals surface area (Å²) in [6, 6.07) is 4.22. The number of thiophene rings is 1. The molecule has 14 heavy (non-hydrogen) atoms. The van der Waals surface area contributed by atoms with E-state index in [9.17, 15) is 0 Å². The number of hydrogen-bond acceptors (Lipinski definition) is 3. The lowest BCUT2D eigenvalue weighted by molar-refractivity contribution is -0.0928. The van der Waals surface area contributed by atoms with E-state index in [1.807, 2.05) is 0 Å². The first kappa shape index (κ1) is 10.1. The maximum Gasteiger partial charge on any atom is 0.112 e. The molecule has 0 amide bonds. The third kappa shape index (κ3) is 1.85. The lowest BCUT2D eigenvalue weighted by Gasteiger charge is -2.42. The van der Waals surface area contributed by atoms with Crippen molar-refractivity contribution in [1.82, 2.24) is 5.32 Å². The van der Waals surface area contributed by atoms with Crippen LogP contribution in [-0.4, -0.2) is 18.7 Å². The molecule has 1 aliphatic rings. The average Bonchev–Trinajstić information content (AvgIpc) is 2.64. The van der Waals surface area contributed by atoms with E-state index in [1.54, 1.807) is 11.3 Å². The van der Waals surface area contributed by atoms with Crippen LogP contribution in [0, 0.1) is 0 Å². The minimum absolute atomic E-state index is 0.108. The highest BCUT2D eigenvalue weighted by Gasteiger charge is 2.37. The van der Waals surface area contributed by atoms with Crippen LogP contribution in [0.4, 0.5) is 0 Å². The van der Waals surface area contributed by atoms with Crippen LogP contribution in [0.25, 0.3) is 0 Å². The van der Waals surface area contributed by atoms with Crippen molar-refractivity contribution in [2.45, 2.75) is 31.9 Å². The normalized spacial score (nSPS) is 31.6. The Bertz CT molecular complexity index is 295. The van der Waals surface area contributed by atoms with Gasteiger partial charge < -0.3 is 10.1 Å². The molecule has 2 rings (SSSR count). The van der Waals surface area contributed by atoms with E-state index in [-0.39, 0.29) is 11.1 Å². The van der Waals surface area contributed by atoms with Gasteiger partial charge in [0.25, 0.3) is 0 Å². The fraction of sp³-hybridized carbons (Fsp3) is 0.636. The van der Waals surface area contributed by atoms with E-state index in [1.165, 1.54) is 4.88 Å². The Morgan fingerprint density at radius 3 is 2.71 bits per heavy atom. The summed E-state index contributed by atoms with van der Waals surface area (Å²) in [6.45, 7) is 8.14. The van der Waals surface area contributed by atoms with Crippen molar-refractivity contribution in [3.8, 4) is 0 Å². The van der Waals surface area contributed by atoms with Crippen LogP contribution in [0.2, 0.25) is 0 Å². The van der Waals surface area contributed by atoms with Crippen molar-refractivity contribution in [3.63, 3.8) is 0 Å². The Morgan fingerprint density at radius 1 is 1.43 bits per heavy atom. The summed E-state index contributed by atoms with van der Waals surface area (Å²) in [5.41, 5.74) is -0.0273. The van der Waals surface area contributed by atoms with Gasteiger partial charge >= 0.3 is 0 Å². The van der Waals surface area contributed by atoms with E-state index in [0.717, 1.165) is 13.2 Å². The molecule has 1 fully saturated rings. The van der Waals surface area contributed by atoms with E-state index >= 15 is 0 Å². The molecule has 0 aliphatic carbocycles. The van der Waals surface area contributed by atoms with Gasteiger partial charge in [-0.05, 0) is 32.2 Å². The van der Waals surface area contributed by atoms with Crippen LogP contribution in [0.5, 0.6) is 0 Å². The quantitative estimate of drug-likeness (QED) is 0.770. The molecule has 1 saturated heterocycles. The van der Waals surface area contributed by atoms with Gasteiger partial charge in [0.05, 0.1) is 6.61 Å². The molecule has 0 saturated carbocycles. The molecule has 1 aromatic rings. The first-order valence-electron chi connectivity index (χ1n) is 4.95. The number of morpholine rings is 1. The lowest BCUT2D eigenvalue weighted by atomic mass is 9.97. The second-order valence-electron chi connectivity index (χ2n) is 4.73. The van der Waals surface area contributed by atoms with Crippen LogP contribution in [-0.2, 0) is 10.3 Å². The third-order valence-electron chi connectivity index (χ3n) is 2.70. The summed E-state index contributed by atoms with van der Waals surface area (Å²) < 4.78 is 5.97. The van der Waals surface area contributed by atoms with Crippen molar-refractivity contribution >= 4 is 11.3 Å². The standard InChI is InChI=1S/C11H17NOS/c1-10(2)8-13-11(3,7-12-10)9-5-4-6-14-9/h4-6,12H,7-8H2,1-3H3. The van der Waals surface area contributed by atoms with Crippen LogP contribution in [0.1, 0.15) is 25.6 Å². The number of rotatable bonds is 1. The number of nitrogens with one attached hydrogen (secondary N) is 1. The van der Waals surface area contributed by atoms with E-state index in [2.05, 4.69) is 43.6 Å². The molecule has 3 heteroatoms. The molecule has 0 spiro atoms. The monoisotopic (exact) mass is 211 g/mol. The largest absolute Gasteiger partial charge is 0.367 e. The number of hydrogen-bond donors (Lipinski definition) is 1. The summed E-state index contributed by atoms with van der Waals surface area (Å²) in [5, 5.41) is 5.62. The molecular formula is C11H17NOS. The Kier molecular flexibility index (Phi) is 2.41. The van der Waals surface area contributed by atoms with Crippen LogP contribution in [0.15, 0.2) is 17.5 Å². The molecule has 2 heterocycles. The predicted octanol–water partition coefficient (Wildman–Crippen LogP) is 2.36. The van der Waals surface area contributed by atoms with Gasteiger partial charge in [0.15, 0.2) is 0 Å². The van der Waals surface area contributed by atoms with Crippen LogP contribution < -0.4 is 5.32 Å². The summed E-state index contributed by atoms with van der Waals surface area (Å²) in [4.78, 5) is 1.31. The van der Waals surface area contributed by atoms with Crippen molar-refractivity contribution in [2.75, 3.05) is 13.2 Å². The second-order valence-corrected chi connectivity index (χ2v) is 5.68. The molecular weight excluding hydrogens is 194 g/mol. The smallest absolute Gasteiger partial charge is 0.112 e. The molecule has 2 nitrogen and oxygen atoms in total. The SMILES string of the molecule is CC1(C)COC(C)(c2cccs2)CN1. The highest BCUT2D eigenvalue weighted by atomic mass is 32.1.